The summed E-state index contributed by atoms with van der Waals surface area (Å²) in [4.78, 5) is 9.42. The predicted octanol–water partition coefficient (Wildman–Crippen LogP) is 11.4. The first-order valence-corrected chi connectivity index (χ1v) is 23.8. The van der Waals surface area contributed by atoms with Crippen LogP contribution in [0.15, 0.2) is 133 Å². The van der Waals surface area contributed by atoms with Crippen LogP contribution in [0.5, 0.6) is 0 Å². The molecule has 0 N–H and O–H groups in total. The van der Waals surface area contributed by atoms with Gasteiger partial charge in [0, 0.05) is 50.6 Å². The molecule has 8 aliphatic carbocycles. The highest BCUT2D eigenvalue weighted by molar-refractivity contribution is 8.04. The zero-order valence-electron chi connectivity index (χ0n) is 33.6. The Balaban J connectivity index is 0.879. The zero-order chi connectivity index (χ0) is 37.5. The summed E-state index contributed by atoms with van der Waals surface area (Å²) in [5.41, 5.74) is 17.1. The molecule has 290 valence electrons. The van der Waals surface area contributed by atoms with Crippen LogP contribution in [0.4, 0.5) is 0 Å². The van der Waals surface area contributed by atoms with Gasteiger partial charge in [-0.15, -0.1) is 11.8 Å². The van der Waals surface area contributed by atoms with Crippen molar-refractivity contribution >= 4 is 30.1 Å². The van der Waals surface area contributed by atoms with Crippen molar-refractivity contribution in [3.8, 4) is 0 Å². The highest BCUT2D eigenvalue weighted by Crippen LogP contribution is 2.55. The third-order valence-electron chi connectivity index (χ3n) is 15.3. The van der Waals surface area contributed by atoms with Gasteiger partial charge in [-0.25, -0.2) is 0 Å². The van der Waals surface area contributed by atoms with Gasteiger partial charge in [-0.2, -0.15) is 0 Å². The Morgan fingerprint density at radius 2 is 1.63 bits per heavy atom. The number of hydrogen-bond donors (Lipinski definition) is 0. The molecule has 12 rings (SSSR count). The Bertz CT molecular complexity index is 2440. The van der Waals surface area contributed by atoms with Crippen molar-refractivity contribution in [2.45, 2.75) is 133 Å². The van der Waals surface area contributed by atoms with Crippen molar-refractivity contribution in [3.05, 3.63) is 150 Å². The molecule has 0 amide bonds. The summed E-state index contributed by atoms with van der Waals surface area (Å²) in [5.74, 6) is 1.70. The average molecular weight is 768 g/mol. The van der Waals surface area contributed by atoms with Crippen LogP contribution >= 0.6 is 11.8 Å². The third-order valence-corrected chi connectivity index (χ3v) is 16.8. The van der Waals surface area contributed by atoms with Crippen LogP contribution in [0, 0.1) is 17.8 Å². The Kier molecular flexibility index (Phi) is 8.81. The Hall–Kier alpha value is -4.02. The molecule has 11 aliphatic rings. The first kappa shape index (κ1) is 35.0. The molecule has 1 aromatic heterocycles. The molecule has 3 aliphatic heterocycles. The molecule has 3 nitrogen and oxygen atoms in total. The van der Waals surface area contributed by atoms with Gasteiger partial charge >= 0.3 is 0 Å². The molecule has 6 atom stereocenters. The largest absolute Gasteiger partial charge is 0.341 e. The van der Waals surface area contributed by atoms with E-state index in [0.29, 0.717) is 23.9 Å². The van der Waals surface area contributed by atoms with Gasteiger partial charge < -0.3 is 9.47 Å². The van der Waals surface area contributed by atoms with E-state index in [1.807, 2.05) is 0 Å². The molecule has 0 saturated heterocycles. The van der Waals surface area contributed by atoms with Crippen LogP contribution in [-0.4, -0.2) is 27.0 Å². The van der Waals surface area contributed by atoms with Gasteiger partial charge in [-0.05, 0) is 166 Å². The lowest BCUT2D eigenvalue weighted by Gasteiger charge is -2.38. The molecular weight excluding hydrogens is 711 g/mol. The van der Waals surface area contributed by atoms with E-state index >= 15 is 0 Å². The minimum atomic E-state index is 0.311. The van der Waals surface area contributed by atoms with Gasteiger partial charge in [-0.3, -0.25) is 4.99 Å². The minimum Gasteiger partial charge on any atom is -0.341 e. The van der Waals surface area contributed by atoms with Crippen LogP contribution in [0.2, 0.25) is 0 Å². The molecule has 6 unspecified atom stereocenters. The fourth-order valence-corrected chi connectivity index (χ4v) is 14.2. The van der Waals surface area contributed by atoms with E-state index in [4.69, 9.17) is 4.99 Å². The maximum atomic E-state index is 4.93. The third kappa shape index (κ3) is 5.93. The summed E-state index contributed by atoms with van der Waals surface area (Å²) in [5, 5.41) is 3.81. The van der Waals surface area contributed by atoms with Crippen LogP contribution < -0.4 is 10.6 Å². The van der Waals surface area contributed by atoms with E-state index in [2.05, 4.69) is 113 Å². The maximum absolute atomic E-state index is 4.93. The van der Waals surface area contributed by atoms with E-state index in [-0.39, 0.29) is 0 Å². The lowest BCUT2D eigenvalue weighted by Crippen LogP contribution is -2.37. The van der Waals surface area contributed by atoms with Gasteiger partial charge in [0.25, 0.3) is 0 Å². The first-order valence-electron chi connectivity index (χ1n) is 22.9. The second kappa shape index (κ2) is 14.4. The smallest absolute Gasteiger partial charge is 0.0655 e. The van der Waals surface area contributed by atoms with Crippen LogP contribution in [-0.2, 0) is 12.8 Å². The summed E-state index contributed by atoms with van der Waals surface area (Å²) in [6.45, 7) is 0. The van der Waals surface area contributed by atoms with E-state index in [0.717, 1.165) is 49.7 Å². The summed E-state index contributed by atoms with van der Waals surface area (Å²) in [6.07, 6.45) is 59.4. The van der Waals surface area contributed by atoms with Gasteiger partial charge in [0.1, 0.15) is 0 Å². The van der Waals surface area contributed by atoms with Crippen molar-refractivity contribution in [3.63, 3.8) is 0 Å². The topological polar surface area (TPSA) is 20.5 Å². The number of allylic oxidation sites excluding steroid dienone is 16. The first-order chi connectivity index (χ1) is 28.2. The van der Waals surface area contributed by atoms with Crippen molar-refractivity contribution in [2.24, 2.45) is 22.7 Å². The molecule has 4 heteroatoms. The maximum Gasteiger partial charge on any atom is 0.0655 e. The number of aromatic nitrogens is 1. The Morgan fingerprint density at radius 1 is 0.719 bits per heavy atom. The van der Waals surface area contributed by atoms with Crippen LogP contribution in [0.3, 0.4) is 0 Å². The fraction of sp³-hybridized carbons (Fsp3) is 0.453. The van der Waals surface area contributed by atoms with Gasteiger partial charge in [0.2, 0.25) is 0 Å². The van der Waals surface area contributed by atoms with Crippen LogP contribution in [0.1, 0.15) is 120 Å². The lowest BCUT2D eigenvalue weighted by atomic mass is 9.79. The second-order valence-corrected chi connectivity index (χ2v) is 19.8. The minimum absolute atomic E-state index is 0.311. The second-order valence-electron chi connectivity index (χ2n) is 18.5. The molecular formula is C53H57N3S. The highest BCUT2D eigenvalue weighted by atomic mass is 32.2. The van der Waals surface area contributed by atoms with Gasteiger partial charge in [-0.1, -0.05) is 84.6 Å². The summed E-state index contributed by atoms with van der Waals surface area (Å²) >= 11 is 2.18. The van der Waals surface area contributed by atoms with Gasteiger partial charge in [0.05, 0.1) is 17.8 Å². The molecule has 0 bridgehead atoms. The number of hydrogen-bond acceptors (Lipinski definition) is 3. The van der Waals surface area contributed by atoms with E-state index < -0.39 is 0 Å². The highest BCUT2D eigenvalue weighted by Gasteiger charge is 2.45. The molecule has 57 heavy (non-hydrogen) atoms. The van der Waals surface area contributed by atoms with Crippen molar-refractivity contribution < 1.29 is 0 Å². The van der Waals surface area contributed by atoms with Crippen molar-refractivity contribution in [1.82, 2.24) is 9.47 Å². The van der Waals surface area contributed by atoms with Gasteiger partial charge in [0.15, 0.2) is 0 Å². The van der Waals surface area contributed by atoms with E-state index in [1.54, 1.807) is 49.5 Å². The number of nitrogens with zero attached hydrogens (tertiary/aromatic N) is 3. The molecule has 1 aromatic rings. The monoisotopic (exact) mass is 767 g/mol. The number of rotatable bonds is 5. The molecule has 0 radical (unpaired) electrons. The van der Waals surface area contributed by atoms with E-state index in [1.165, 1.54) is 105 Å². The molecule has 0 saturated carbocycles. The number of fused-ring (bicyclic) bond motifs is 7. The van der Waals surface area contributed by atoms with E-state index in [9.17, 15) is 0 Å². The summed E-state index contributed by atoms with van der Waals surface area (Å²) in [6, 6.07) is 0.768. The number of aliphatic imine (C=N–C) groups is 1. The standard InChI is InChI=1S/C53H57N3S/c1-2-12-34(13-3-1)37-28-38(47-17-10-11-27-54-47)30-40(29-37)56-49-19-8-5-15-42(49)45-32-36(22-25-51(45)56)35-21-24-50-44(31-35)41-14-4-7-18-48(41)55(50)39-23-26-53-46(33-39)43-16-6-9-20-52(43)57-53/h2,9,12-13,17,20-21,23-25,27-28,30-32,36,40,44,46,50,53H,1,3-8,10-11,14-16,18-19,22,26,29,33H2. The molecule has 4 heterocycles. The SMILES string of the molecule is C1=CC(C2=CC(C3=CCCC=N3)=CC(n3c4c(c5c3=CCC(C3=CC6C7=C(CCCC7)N(C7=CCC8SC9=C(CCC=C9)C8C7)C6C=C3)C=5)CCCC4)C2)=CCC1. The molecule has 0 aromatic carbocycles. The van der Waals surface area contributed by atoms with Crippen molar-refractivity contribution in [2.75, 3.05) is 0 Å². The van der Waals surface area contributed by atoms with Crippen molar-refractivity contribution in [1.29, 1.82) is 0 Å². The molecule has 0 spiro atoms. The summed E-state index contributed by atoms with van der Waals surface area (Å²) < 4.78 is 2.81. The predicted molar refractivity (Wildman–Crippen MR) is 239 cm³/mol. The average Bonchev–Trinajstić information content (AvgIpc) is 3.94. The fourth-order valence-electron chi connectivity index (χ4n) is 12.7. The lowest BCUT2D eigenvalue weighted by molar-refractivity contribution is 0.318. The number of thioether (sulfide) groups is 1. The molecule has 0 fully saturated rings. The Morgan fingerprint density at radius 3 is 2.56 bits per heavy atom. The quantitative estimate of drug-likeness (QED) is 0.297. The van der Waals surface area contributed by atoms with Crippen LogP contribution in [0.25, 0.3) is 12.2 Å². The zero-order valence-corrected chi connectivity index (χ0v) is 34.4. The summed E-state index contributed by atoms with van der Waals surface area (Å²) in [7, 11) is 0. The normalized spacial score (nSPS) is 32.4. The Labute approximate surface area is 343 Å².